The van der Waals surface area contributed by atoms with E-state index in [9.17, 15) is 8.42 Å². The van der Waals surface area contributed by atoms with Crippen molar-refractivity contribution in [3.63, 3.8) is 0 Å². The van der Waals surface area contributed by atoms with Gasteiger partial charge < -0.3 is 9.09 Å². The fourth-order valence-corrected chi connectivity index (χ4v) is 5.05. The van der Waals surface area contributed by atoms with E-state index in [1.54, 1.807) is 4.57 Å². The monoisotopic (exact) mass is 365 g/mol. The molecule has 8 nitrogen and oxygen atoms in total. The van der Waals surface area contributed by atoms with Crippen LogP contribution in [0.15, 0.2) is 9.68 Å². The Bertz CT molecular complexity index is 836. The Morgan fingerprint density at radius 1 is 1.04 bits per heavy atom. The molecule has 0 amide bonds. The molecule has 2 aromatic rings. The normalized spacial score (nSPS) is 19.5. The molecule has 0 atom stereocenters. The predicted molar refractivity (Wildman–Crippen MR) is 88.6 cm³/mol. The van der Waals surface area contributed by atoms with Crippen molar-refractivity contribution in [2.24, 2.45) is 0 Å². The first-order chi connectivity index (χ1) is 12.1. The van der Waals surface area contributed by atoms with Crippen molar-refractivity contribution in [1.82, 2.24) is 24.9 Å². The molecule has 2 aromatic heterocycles. The van der Waals surface area contributed by atoms with Crippen LogP contribution >= 0.6 is 0 Å². The number of rotatable bonds is 4. The molecule has 1 aliphatic carbocycles. The lowest BCUT2D eigenvalue weighted by molar-refractivity contribution is 0.312. The molecule has 1 aliphatic heterocycles. The van der Waals surface area contributed by atoms with E-state index in [2.05, 4.69) is 20.3 Å². The summed E-state index contributed by atoms with van der Waals surface area (Å²) in [5.74, 6) is 1.52. The molecule has 25 heavy (non-hydrogen) atoms. The van der Waals surface area contributed by atoms with Crippen LogP contribution < -0.4 is 0 Å². The van der Waals surface area contributed by atoms with E-state index in [1.165, 1.54) is 6.42 Å². The fourth-order valence-electron chi connectivity index (χ4n) is 3.76. The zero-order valence-electron chi connectivity index (χ0n) is 14.2. The molecule has 1 saturated carbocycles. The standard InChI is InChI=1S/C16H23N5O3S/c22-25(23,16-19-18-14-9-5-2-6-10-21(14)16)11-13-17-15(24-20-13)12-7-3-1-4-8-12/h12H,1-11H2. The Morgan fingerprint density at radius 3 is 2.68 bits per heavy atom. The lowest BCUT2D eigenvalue weighted by Gasteiger charge is -2.17. The third kappa shape index (κ3) is 3.47. The van der Waals surface area contributed by atoms with Crippen LogP contribution in [0.5, 0.6) is 0 Å². The summed E-state index contributed by atoms with van der Waals surface area (Å²) >= 11 is 0. The summed E-state index contributed by atoms with van der Waals surface area (Å²) in [4.78, 5) is 4.35. The number of hydrogen-bond acceptors (Lipinski definition) is 7. The average Bonchev–Trinajstić information content (AvgIpc) is 3.17. The molecule has 0 bridgehead atoms. The summed E-state index contributed by atoms with van der Waals surface area (Å²) in [6, 6.07) is 0. The van der Waals surface area contributed by atoms with Crippen molar-refractivity contribution in [2.45, 2.75) is 81.2 Å². The highest BCUT2D eigenvalue weighted by Crippen LogP contribution is 2.31. The van der Waals surface area contributed by atoms with E-state index in [-0.39, 0.29) is 22.7 Å². The van der Waals surface area contributed by atoms with Crippen LogP contribution in [0.3, 0.4) is 0 Å². The molecule has 1 fully saturated rings. The number of nitrogens with zero attached hydrogens (tertiary/aromatic N) is 5. The largest absolute Gasteiger partial charge is 0.339 e. The van der Waals surface area contributed by atoms with Gasteiger partial charge in [-0.25, -0.2) is 8.42 Å². The lowest BCUT2D eigenvalue weighted by Crippen LogP contribution is -2.15. The molecule has 3 heterocycles. The van der Waals surface area contributed by atoms with Crippen molar-refractivity contribution >= 4 is 9.84 Å². The topological polar surface area (TPSA) is 104 Å². The van der Waals surface area contributed by atoms with E-state index >= 15 is 0 Å². The van der Waals surface area contributed by atoms with Crippen molar-refractivity contribution in [2.75, 3.05) is 0 Å². The van der Waals surface area contributed by atoms with Crippen LogP contribution in [0.4, 0.5) is 0 Å². The highest BCUT2D eigenvalue weighted by molar-refractivity contribution is 7.90. The second kappa shape index (κ2) is 6.86. The van der Waals surface area contributed by atoms with E-state index in [0.717, 1.165) is 57.2 Å². The van der Waals surface area contributed by atoms with Crippen LogP contribution in [0.1, 0.15) is 74.8 Å². The van der Waals surface area contributed by atoms with E-state index in [0.29, 0.717) is 12.4 Å². The van der Waals surface area contributed by atoms with Crippen molar-refractivity contribution in [3.05, 3.63) is 17.5 Å². The van der Waals surface area contributed by atoms with Crippen LogP contribution in [0.25, 0.3) is 0 Å². The summed E-state index contributed by atoms with van der Waals surface area (Å²) in [5, 5.41) is 11.9. The Labute approximate surface area is 146 Å². The van der Waals surface area contributed by atoms with Gasteiger partial charge in [0.15, 0.2) is 5.82 Å². The van der Waals surface area contributed by atoms with Crippen LogP contribution in [-0.4, -0.2) is 33.3 Å². The van der Waals surface area contributed by atoms with Gasteiger partial charge in [-0.1, -0.05) is 30.8 Å². The SMILES string of the molecule is O=S(=O)(Cc1noc(C2CCCCC2)n1)c1nnc2n1CCCCC2. The molecule has 0 radical (unpaired) electrons. The molecule has 136 valence electrons. The molecule has 0 spiro atoms. The second-order valence-corrected chi connectivity index (χ2v) is 8.89. The van der Waals surface area contributed by atoms with E-state index in [1.807, 2.05) is 0 Å². The zero-order chi connectivity index (χ0) is 17.3. The van der Waals surface area contributed by atoms with Crippen molar-refractivity contribution < 1.29 is 12.9 Å². The molecule has 0 aromatic carbocycles. The molecule has 2 aliphatic rings. The highest BCUT2D eigenvalue weighted by atomic mass is 32.2. The molecule has 9 heteroatoms. The van der Waals surface area contributed by atoms with Gasteiger partial charge in [0.1, 0.15) is 11.6 Å². The number of aromatic nitrogens is 5. The number of aryl methyl sites for hydroxylation is 1. The first-order valence-electron chi connectivity index (χ1n) is 9.11. The van der Waals surface area contributed by atoms with Crippen molar-refractivity contribution in [1.29, 1.82) is 0 Å². The predicted octanol–water partition coefficient (Wildman–Crippen LogP) is 2.41. The Kier molecular flexibility index (Phi) is 4.58. The van der Waals surface area contributed by atoms with Gasteiger partial charge >= 0.3 is 0 Å². The molecular weight excluding hydrogens is 342 g/mol. The van der Waals surface area contributed by atoms with Gasteiger partial charge in [-0.3, -0.25) is 0 Å². The minimum Gasteiger partial charge on any atom is -0.339 e. The Hall–Kier alpha value is -1.77. The van der Waals surface area contributed by atoms with Crippen molar-refractivity contribution in [3.8, 4) is 0 Å². The quantitative estimate of drug-likeness (QED) is 0.819. The third-order valence-corrected chi connectivity index (χ3v) is 6.61. The van der Waals surface area contributed by atoms with Gasteiger partial charge in [0.2, 0.25) is 20.9 Å². The minimum absolute atomic E-state index is 0.0356. The van der Waals surface area contributed by atoms with Gasteiger partial charge in [-0.2, -0.15) is 4.98 Å². The zero-order valence-corrected chi connectivity index (χ0v) is 15.0. The van der Waals surface area contributed by atoms with Gasteiger partial charge in [0.25, 0.3) is 0 Å². The number of sulfone groups is 1. The Morgan fingerprint density at radius 2 is 1.84 bits per heavy atom. The van der Waals surface area contributed by atoms with Gasteiger partial charge in [-0.15, -0.1) is 10.2 Å². The molecule has 0 unspecified atom stereocenters. The Balaban J connectivity index is 1.54. The summed E-state index contributed by atoms with van der Waals surface area (Å²) in [6.07, 6.45) is 9.45. The number of hydrogen-bond donors (Lipinski definition) is 0. The third-order valence-electron chi connectivity index (χ3n) is 5.11. The molecule has 0 saturated heterocycles. The maximum Gasteiger partial charge on any atom is 0.250 e. The smallest absolute Gasteiger partial charge is 0.250 e. The fraction of sp³-hybridized carbons (Fsp3) is 0.750. The summed E-state index contributed by atoms with van der Waals surface area (Å²) in [5.41, 5.74) is 0. The molecule has 0 N–H and O–H groups in total. The van der Waals surface area contributed by atoms with Gasteiger partial charge in [0.05, 0.1) is 0 Å². The van der Waals surface area contributed by atoms with Gasteiger partial charge in [-0.05, 0) is 25.7 Å². The summed E-state index contributed by atoms with van der Waals surface area (Å²) in [7, 11) is -3.64. The first kappa shape index (κ1) is 16.7. The minimum atomic E-state index is -3.64. The van der Waals surface area contributed by atoms with Crippen LogP contribution in [0, 0.1) is 0 Å². The molecular formula is C16H23N5O3S. The lowest BCUT2D eigenvalue weighted by atomic mass is 9.89. The highest BCUT2D eigenvalue weighted by Gasteiger charge is 2.29. The summed E-state index contributed by atoms with van der Waals surface area (Å²) in [6.45, 7) is 0.649. The van der Waals surface area contributed by atoms with Crippen LogP contribution in [-0.2, 0) is 28.6 Å². The van der Waals surface area contributed by atoms with Crippen LogP contribution in [0.2, 0.25) is 0 Å². The van der Waals surface area contributed by atoms with E-state index in [4.69, 9.17) is 4.52 Å². The van der Waals surface area contributed by atoms with E-state index < -0.39 is 9.84 Å². The number of fused-ring (bicyclic) bond motifs is 1. The second-order valence-electron chi connectivity index (χ2n) is 7.00. The maximum absolute atomic E-state index is 12.8. The first-order valence-corrected chi connectivity index (χ1v) is 10.8. The average molecular weight is 365 g/mol. The molecule has 4 rings (SSSR count). The summed E-state index contributed by atoms with van der Waals surface area (Å²) < 4.78 is 32.6. The maximum atomic E-state index is 12.8. The van der Waals surface area contributed by atoms with Gasteiger partial charge in [0, 0.05) is 18.9 Å².